The molecule has 0 unspecified atom stereocenters. The zero-order valence-corrected chi connectivity index (χ0v) is 15.7. The number of benzene rings is 2. The third-order valence-electron chi connectivity index (χ3n) is 4.61. The molecule has 2 aromatic carbocycles. The Balaban J connectivity index is 1.46. The molecule has 0 spiro atoms. The van der Waals surface area contributed by atoms with E-state index < -0.39 is 0 Å². The van der Waals surface area contributed by atoms with Crippen LogP contribution in [0.2, 0.25) is 0 Å². The van der Waals surface area contributed by atoms with Crippen molar-refractivity contribution in [3.05, 3.63) is 64.5 Å². The van der Waals surface area contributed by atoms with Crippen molar-refractivity contribution in [2.24, 2.45) is 0 Å². The van der Waals surface area contributed by atoms with Crippen LogP contribution in [0.15, 0.2) is 57.5 Å². The quantitative estimate of drug-likeness (QED) is 0.644. The molecule has 0 saturated heterocycles. The Hall–Kier alpha value is -2.47. The van der Waals surface area contributed by atoms with Crippen LogP contribution in [0.25, 0.3) is 11.4 Å². The van der Waals surface area contributed by atoms with Crippen LogP contribution in [0.5, 0.6) is 0 Å². The third-order valence-corrected chi connectivity index (χ3v) is 5.38. The van der Waals surface area contributed by atoms with Crippen molar-refractivity contribution in [3.8, 4) is 11.4 Å². The molecule has 1 heterocycles. The van der Waals surface area contributed by atoms with E-state index in [1.165, 1.54) is 6.42 Å². The number of aromatic nitrogens is 2. The van der Waals surface area contributed by atoms with Gasteiger partial charge >= 0.3 is 0 Å². The minimum atomic E-state index is -0.0719. The van der Waals surface area contributed by atoms with Crippen molar-refractivity contribution >= 4 is 27.5 Å². The molecule has 0 radical (unpaired) electrons. The van der Waals surface area contributed by atoms with Gasteiger partial charge in [0.05, 0.1) is 6.42 Å². The second-order valence-electron chi connectivity index (χ2n) is 6.48. The lowest BCUT2D eigenvalue weighted by molar-refractivity contribution is -0.115. The van der Waals surface area contributed by atoms with Crippen molar-refractivity contribution in [2.75, 3.05) is 5.32 Å². The Bertz CT molecular complexity index is 934. The molecule has 0 aliphatic heterocycles. The summed E-state index contributed by atoms with van der Waals surface area (Å²) in [6, 6.07) is 15.2. The van der Waals surface area contributed by atoms with Gasteiger partial charge in [-0.2, -0.15) is 4.98 Å². The highest BCUT2D eigenvalue weighted by Gasteiger charge is 2.25. The fourth-order valence-corrected chi connectivity index (χ4v) is 3.35. The monoisotopic (exact) mass is 411 g/mol. The Morgan fingerprint density at radius 2 is 2.04 bits per heavy atom. The molecule has 1 saturated carbocycles. The highest BCUT2D eigenvalue weighted by Crippen LogP contribution is 2.36. The van der Waals surface area contributed by atoms with Crippen LogP contribution in [0.4, 0.5) is 5.69 Å². The van der Waals surface area contributed by atoms with Crippen molar-refractivity contribution in [2.45, 2.75) is 31.6 Å². The Labute approximate surface area is 159 Å². The smallest absolute Gasteiger partial charge is 0.230 e. The normalized spacial score (nSPS) is 14.0. The summed E-state index contributed by atoms with van der Waals surface area (Å²) in [5.41, 5.74) is 2.50. The van der Waals surface area contributed by atoms with Gasteiger partial charge in [0.2, 0.25) is 17.6 Å². The number of anilines is 1. The van der Waals surface area contributed by atoms with Crippen LogP contribution < -0.4 is 5.32 Å². The zero-order valence-electron chi connectivity index (χ0n) is 14.1. The highest BCUT2D eigenvalue weighted by molar-refractivity contribution is 9.10. The van der Waals surface area contributed by atoms with Gasteiger partial charge in [0.15, 0.2) is 0 Å². The topological polar surface area (TPSA) is 68.0 Å². The van der Waals surface area contributed by atoms with Gasteiger partial charge < -0.3 is 9.84 Å². The Kier molecular flexibility index (Phi) is 4.84. The first-order valence-electron chi connectivity index (χ1n) is 8.66. The van der Waals surface area contributed by atoms with Crippen LogP contribution in [0.3, 0.4) is 0 Å². The van der Waals surface area contributed by atoms with E-state index in [-0.39, 0.29) is 5.91 Å². The standard InChI is InChI=1S/C20H18BrN3O2/c21-17-10-2-1-5-14(17)12-18(25)22-16-9-4-8-15(11-16)19-23-20(26-24-19)13-6-3-7-13/h1-2,4-5,8-11,13H,3,6-7,12H2,(H,22,25). The Morgan fingerprint density at radius 1 is 1.19 bits per heavy atom. The van der Waals surface area contributed by atoms with Gasteiger partial charge in [0.1, 0.15) is 0 Å². The fraction of sp³-hybridized carbons (Fsp3) is 0.250. The summed E-state index contributed by atoms with van der Waals surface area (Å²) in [4.78, 5) is 16.8. The summed E-state index contributed by atoms with van der Waals surface area (Å²) in [5, 5.41) is 7.02. The molecular formula is C20H18BrN3O2. The zero-order chi connectivity index (χ0) is 17.9. The van der Waals surface area contributed by atoms with Crippen molar-refractivity contribution in [3.63, 3.8) is 0 Å². The number of carbonyl (C=O) groups excluding carboxylic acids is 1. The molecule has 5 nitrogen and oxygen atoms in total. The molecule has 1 amide bonds. The minimum absolute atomic E-state index is 0.0719. The van der Waals surface area contributed by atoms with Gasteiger partial charge in [-0.1, -0.05) is 57.8 Å². The largest absolute Gasteiger partial charge is 0.339 e. The number of rotatable bonds is 5. The average Bonchev–Trinajstić information content (AvgIpc) is 3.05. The lowest BCUT2D eigenvalue weighted by Crippen LogP contribution is -2.14. The molecule has 0 atom stereocenters. The maximum atomic E-state index is 12.3. The molecule has 1 fully saturated rings. The lowest BCUT2D eigenvalue weighted by Gasteiger charge is -2.20. The first-order chi connectivity index (χ1) is 12.7. The first-order valence-corrected chi connectivity index (χ1v) is 9.45. The molecule has 1 aliphatic carbocycles. The van der Waals surface area contributed by atoms with Crippen LogP contribution in [0.1, 0.15) is 36.6 Å². The van der Waals surface area contributed by atoms with Crippen molar-refractivity contribution in [1.29, 1.82) is 0 Å². The Morgan fingerprint density at radius 3 is 2.81 bits per heavy atom. The van der Waals surface area contributed by atoms with E-state index in [9.17, 15) is 4.79 Å². The van der Waals surface area contributed by atoms with Crippen LogP contribution in [0, 0.1) is 0 Å². The number of nitrogens with one attached hydrogen (secondary N) is 1. The summed E-state index contributed by atoms with van der Waals surface area (Å²) >= 11 is 3.47. The predicted molar refractivity (Wildman–Crippen MR) is 103 cm³/mol. The lowest BCUT2D eigenvalue weighted by atomic mass is 9.85. The number of amides is 1. The van der Waals surface area contributed by atoms with Crippen LogP contribution >= 0.6 is 15.9 Å². The molecule has 1 aliphatic rings. The maximum absolute atomic E-state index is 12.3. The molecule has 1 N–H and O–H groups in total. The van der Waals surface area contributed by atoms with E-state index in [2.05, 4.69) is 31.4 Å². The SMILES string of the molecule is O=C(Cc1ccccc1Br)Nc1cccc(-c2noc(C3CCC3)n2)c1. The molecule has 26 heavy (non-hydrogen) atoms. The minimum Gasteiger partial charge on any atom is -0.339 e. The summed E-state index contributed by atoms with van der Waals surface area (Å²) in [7, 11) is 0. The molecule has 4 rings (SSSR count). The van der Waals surface area contributed by atoms with Gasteiger partial charge in [-0.05, 0) is 36.6 Å². The third kappa shape index (κ3) is 3.70. The first kappa shape index (κ1) is 17.0. The maximum Gasteiger partial charge on any atom is 0.230 e. The van der Waals surface area contributed by atoms with E-state index in [4.69, 9.17) is 4.52 Å². The summed E-state index contributed by atoms with van der Waals surface area (Å²) in [6.45, 7) is 0. The predicted octanol–water partition coefficient (Wildman–Crippen LogP) is 4.95. The van der Waals surface area contributed by atoms with Crippen molar-refractivity contribution in [1.82, 2.24) is 10.1 Å². The molecule has 6 heteroatoms. The summed E-state index contributed by atoms with van der Waals surface area (Å²) in [5.74, 6) is 1.61. The number of carbonyl (C=O) groups is 1. The van der Waals surface area contributed by atoms with Crippen LogP contribution in [-0.2, 0) is 11.2 Å². The van der Waals surface area contributed by atoms with E-state index in [0.717, 1.165) is 40.0 Å². The molecule has 3 aromatic rings. The molecule has 0 bridgehead atoms. The van der Waals surface area contributed by atoms with Gasteiger partial charge in [-0.15, -0.1) is 0 Å². The van der Waals surface area contributed by atoms with E-state index >= 15 is 0 Å². The van der Waals surface area contributed by atoms with E-state index in [0.29, 0.717) is 18.2 Å². The van der Waals surface area contributed by atoms with Crippen LogP contribution in [-0.4, -0.2) is 16.0 Å². The molecular weight excluding hydrogens is 394 g/mol. The highest BCUT2D eigenvalue weighted by atomic mass is 79.9. The number of nitrogens with zero attached hydrogens (tertiary/aromatic N) is 2. The van der Waals surface area contributed by atoms with Gasteiger partial charge in [-0.3, -0.25) is 4.79 Å². The van der Waals surface area contributed by atoms with E-state index in [1.54, 1.807) is 0 Å². The number of hydrogen-bond donors (Lipinski definition) is 1. The van der Waals surface area contributed by atoms with Crippen molar-refractivity contribution < 1.29 is 9.32 Å². The van der Waals surface area contributed by atoms with Gasteiger partial charge in [0, 0.05) is 21.6 Å². The molecule has 1 aromatic heterocycles. The summed E-state index contributed by atoms with van der Waals surface area (Å²) < 4.78 is 6.31. The average molecular weight is 412 g/mol. The summed E-state index contributed by atoms with van der Waals surface area (Å²) in [6.07, 6.45) is 3.76. The van der Waals surface area contributed by atoms with Gasteiger partial charge in [0.25, 0.3) is 0 Å². The second-order valence-corrected chi connectivity index (χ2v) is 7.34. The second kappa shape index (κ2) is 7.41. The number of hydrogen-bond acceptors (Lipinski definition) is 4. The molecule has 132 valence electrons. The van der Waals surface area contributed by atoms with E-state index in [1.807, 2.05) is 48.5 Å². The fourth-order valence-electron chi connectivity index (χ4n) is 2.93. The van der Waals surface area contributed by atoms with Gasteiger partial charge in [-0.25, -0.2) is 0 Å². The number of halogens is 1.